The van der Waals surface area contributed by atoms with Crippen molar-refractivity contribution in [1.29, 1.82) is 0 Å². The fraction of sp³-hybridized carbons (Fsp3) is 0.562. The third-order valence-electron chi connectivity index (χ3n) is 4.69. The number of aromatic amines is 1. The van der Waals surface area contributed by atoms with Crippen LogP contribution >= 0.6 is 0 Å². The number of urea groups is 1. The van der Waals surface area contributed by atoms with Crippen molar-refractivity contribution in [3.63, 3.8) is 0 Å². The van der Waals surface area contributed by atoms with E-state index in [9.17, 15) is 14.4 Å². The standard InChI is InChI=1S/C16H22N4O3/c1-10(11-6-7-17-14(21)8-11)18-16(23)20-9-15(22)19-12-4-2-3-5-13(12)20/h6-8,10,12-13H,2-5,9H2,1H3,(H,17,21)(H,18,23)(H,19,22). The summed E-state index contributed by atoms with van der Waals surface area (Å²) in [6, 6.07) is 2.82. The average molecular weight is 318 g/mol. The summed E-state index contributed by atoms with van der Waals surface area (Å²) in [6.07, 6.45) is 5.55. The van der Waals surface area contributed by atoms with E-state index in [4.69, 9.17) is 0 Å². The number of H-pyrrole nitrogens is 1. The second-order valence-corrected chi connectivity index (χ2v) is 6.31. The lowest BCUT2D eigenvalue weighted by Crippen LogP contribution is -2.64. The first kappa shape index (κ1) is 15.6. The summed E-state index contributed by atoms with van der Waals surface area (Å²) in [7, 11) is 0. The predicted molar refractivity (Wildman–Crippen MR) is 84.9 cm³/mol. The summed E-state index contributed by atoms with van der Waals surface area (Å²) < 4.78 is 0. The van der Waals surface area contributed by atoms with Crippen LogP contribution in [0.4, 0.5) is 4.79 Å². The number of nitrogens with zero attached hydrogens (tertiary/aromatic N) is 1. The Morgan fingerprint density at radius 3 is 2.91 bits per heavy atom. The van der Waals surface area contributed by atoms with Crippen molar-refractivity contribution in [3.8, 4) is 0 Å². The Bertz CT molecular complexity index is 657. The number of nitrogens with one attached hydrogen (secondary N) is 3. The van der Waals surface area contributed by atoms with Crippen molar-refractivity contribution in [3.05, 3.63) is 34.2 Å². The van der Waals surface area contributed by atoms with Gasteiger partial charge in [0.1, 0.15) is 6.54 Å². The summed E-state index contributed by atoms with van der Waals surface area (Å²) in [5, 5.41) is 5.89. The zero-order valence-electron chi connectivity index (χ0n) is 13.2. The SMILES string of the molecule is CC(NC(=O)N1CC(=O)NC2CCCCC21)c1cc[nH]c(=O)c1. The van der Waals surface area contributed by atoms with Gasteiger partial charge in [-0.1, -0.05) is 12.8 Å². The normalized spacial score (nSPS) is 25.3. The summed E-state index contributed by atoms with van der Waals surface area (Å²) in [5.41, 5.74) is 0.539. The minimum Gasteiger partial charge on any atom is -0.350 e. The van der Waals surface area contributed by atoms with Gasteiger partial charge in [-0.05, 0) is 31.4 Å². The minimum atomic E-state index is -0.295. The van der Waals surface area contributed by atoms with E-state index in [1.807, 2.05) is 6.92 Å². The van der Waals surface area contributed by atoms with Gasteiger partial charge in [-0.15, -0.1) is 0 Å². The van der Waals surface area contributed by atoms with Crippen LogP contribution in [0.25, 0.3) is 0 Å². The zero-order valence-corrected chi connectivity index (χ0v) is 13.2. The van der Waals surface area contributed by atoms with Crippen LogP contribution < -0.4 is 16.2 Å². The third-order valence-corrected chi connectivity index (χ3v) is 4.69. The molecule has 3 N–H and O–H groups in total. The molecule has 3 atom stereocenters. The van der Waals surface area contributed by atoms with Crippen LogP contribution in [0.5, 0.6) is 0 Å². The molecule has 7 heteroatoms. The van der Waals surface area contributed by atoms with E-state index in [-0.39, 0.29) is 42.2 Å². The van der Waals surface area contributed by atoms with Crippen LogP contribution in [0, 0.1) is 0 Å². The molecule has 1 aromatic rings. The first-order chi connectivity index (χ1) is 11.0. The first-order valence-corrected chi connectivity index (χ1v) is 8.10. The van der Waals surface area contributed by atoms with Gasteiger partial charge in [0.05, 0.1) is 12.1 Å². The van der Waals surface area contributed by atoms with E-state index >= 15 is 0 Å². The van der Waals surface area contributed by atoms with Gasteiger partial charge in [0.2, 0.25) is 11.5 Å². The smallest absolute Gasteiger partial charge is 0.318 e. The number of amides is 3. The molecule has 0 spiro atoms. The number of hydrogen-bond acceptors (Lipinski definition) is 3. The number of carbonyl (C=O) groups excluding carboxylic acids is 2. The summed E-state index contributed by atoms with van der Waals surface area (Å²) >= 11 is 0. The molecule has 1 aromatic heterocycles. The van der Waals surface area contributed by atoms with Crippen LogP contribution in [-0.4, -0.2) is 40.5 Å². The molecule has 3 amide bonds. The number of rotatable bonds is 2. The molecule has 7 nitrogen and oxygen atoms in total. The van der Waals surface area contributed by atoms with Crippen LogP contribution in [0.2, 0.25) is 0 Å². The van der Waals surface area contributed by atoms with Crippen molar-refractivity contribution in [1.82, 2.24) is 20.5 Å². The van der Waals surface area contributed by atoms with Crippen molar-refractivity contribution in [2.75, 3.05) is 6.54 Å². The van der Waals surface area contributed by atoms with Gasteiger partial charge in [-0.3, -0.25) is 9.59 Å². The van der Waals surface area contributed by atoms with E-state index in [0.717, 1.165) is 31.2 Å². The Labute approximate surface area is 134 Å². The molecule has 3 unspecified atom stereocenters. The number of piperazine rings is 1. The maximum absolute atomic E-state index is 12.6. The zero-order chi connectivity index (χ0) is 16.4. The fourth-order valence-corrected chi connectivity index (χ4v) is 3.48. The number of pyridine rings is 1. The molecule has 1 aliphatic carbocycles. The minimum absolute atomic E-state index is 0.0608. The summed E-state index contributed by atoms with van der Waals surface area (Å²) in [4.78, 5) is 40.1. The van der Waals surface area contributed by atoms with E-state index < -0.39 is 0 Å². The highest BCUT2D eigenvalue weighted by atomic mass is 16.2. The topological polar surface area (TPSA) is 94.3 Å². The molecule has 0 radical (unpaired) electrons. The van der Waals surface area contributed by atoms with Gasteiger partial charge in [-0.2, -0.15) is 0 Å². The summed E-state index contributed by atoms with van der Waals surface area (Å²) in [6.45, 7) is 1.92. The molecule has 23 heavy (non-hydrogen) atoms. The van der Waals surface area contributed by atoms with Gasteiger partial charge < -0.3 is 20.5 Å². The molecule has 2 aliphatic rings. The van der Waals surface area contributed by atoms with Crippen molar-refractivity contribution in [2.45, 2.75) is 50.7 Å². The Balaban J connectivity index is 1.71. The monoisotopic (exact) mass is 318 g/mol. The molecule has 2 fully saturated rings. The Kier molecular flexibility index (Phi) is 4.36. The van der Waals surface area contributed by atoms with E-state index in [2.05, 4.69) is 15.6 Å². The molecule has 0 bridgehead atoms. The van der Waals surface area contributed by atoms with Crippen molar-refractivity contribution in [2.24, 2.45) is 0 Å². The van der Waals surface area contributed by atoms with Gasteiger partial charge >= 0.3 is 6.03 Å². The third kappa shape index (κ3) is 3.38. The molecule has 1 saturated heterocycles. The Morgan fingerprint density at radius 2 is 2.13 bits per heavy atom. The maximum Gasteiger partial charge on any atom is 0.318 e. The van der Waals surface area contributed by atoms with Crippen LogP contribution in [0.1, 0.15) is 44.2 Å². The predicted octanol–water partition coefficient (Wildman–Crippen LogP) is 0.888. The highest BCUT2D eigenvalue weighted by Gasteiger charge is 2.39. The molecule has 3 rings (SSSR count). The highest BCUT2D eigenvalue weighted by molar-refractivity contribution is 5.86. The van der Waals surface area contributed by atoms with Gasteiger partial charge in [0.25, 0.3) is 0 Å². The van der Waals surface area contributed by atoms with Crippen LogP contribution in [-0.2, 0) is 4.79 Å². The quantitative estimate of drug-likeness (QED) is 0.756. The fourth-order valence-electron chi connectivity index (χ4n) is 3.48. The average Bonchev–Trinajstić information content (AvgIpc) is 2.53. The molecule has 124 valence electrons. The van der Waals surface area contributed by atoms with Crippen molar-refractivity contribution < 1.29 is 9.59 Å². The maximum atomic E-state index is 12.6. The van der Waals surface area contributed by atoms with E-state index in [1.165, 1.54) is 6.07 Å². The number of hydrogen-bond donors (Lipinski definition) is 3. The molecular formula is C16H22N4O3. The molecule has 1 saturated carbocycles. The second kappa shape index (κ2) is 6.44. The van der Waals surface area contributed by atoms with Gasteiger partial charge in [-0.25, -0.2) is 4.79 Å². The lowest BCUT2D eigenvalue weighted by atomic mass is 9.87. The number of fused-ring (bicyclic) bond motifs is 1. The number of aromatic nitrogens is 1. The number of carbonyl (C=O) groups is 2. The van der Waals surface area contributed by atoms with Gasteiger partial charge in [0, 0.05) is 18.3 Å². The first-order valence-electron chi connectivity index (χ1n) is 8.10. The molecule has 1 aliphatic heterocycles. The lowest BCUT2D eigenvalue weighted by Gasteiger charge is -2.44. The van der Waals surface area contributed by atoms with Crippen LogP contribution in [0.15, 0.2) is 23.1 Å². The molecule has 0 aromatic carbocycles. The molecular weight excluding hydrogens is 296 g/mol. The second-order valence-electron chi connectivity index (χ2n) is 6.31. The largest absolute Gasteiger partial charge is 0.350 e. The van der Waals surface area contributed by atoms with E-state index in [0.29, 0.717) is 0 Å². The van der Waals surface area contributed by atoms with E-state index in [1.54, 1.807) is 17.2 Å². The lowest BCUT2D eigenvalue weighted by molar-refractivity contribution is -0.126. The van der Waals surface area contributed by atoms with Crippen LogP contribution in [0.3, 0.4) is 0 Å². The summed E-state index contributed by atoms with van der Waals surface area (Å²) in [5.74, 6) is -0.105. The Morgan fingerprint density at radius 1 is 1.35 bits per heavy atom. The highest BCUT2D eigenvalue weighted by Crippen LogP contribution is 2.26. The van der Waals surface area contributed by atoms with Gasteiger partial charge in [0.15, 0.2) is 0 Å². The Hall–Kier alpha value is -2.31. The van der Waals surface area contributed by atoms with Crippen molar-refractivity contribution >= 4 is 11.9 Å². The molecule has 2 heterocycles.